The van der Waals surface area contributed by atoms with Crippen molar-refractivity contribution in [1.82, 2.24) is 14.9 Å². The standard InChI is InChI=1S/C21H25N3O4S/c1-16-8-5-6-9-17(16)14-22-20(25)21(26)23-15-18-10-7-13-24(18)29(27,28)19-11-3-2-4-12-19/h2-6,8-9,11-12,18H,7,10,13-15H2,1H3,(H,22,25)(H,23,26)/t18-/m1/s1. The number of nitrogens with zero attached hydrogens (tertiary/aromatic N) is 1. The summed E-state index contributed by atoms with van der Waals surface area (Å²) in [6.45, 7) is 2.69. The van der Waals surface area contributed by atoms with Crippen LogP contribution in [-0.2, 0) is 26.2 Å². The van der Waals surface area contributed by atoms with Gasteiger partial charge in [0.15, 0.2) is 0 Å². The number of carbonyl (C=O) groups excluding carboxylic acids is 2. The van der Waals surface area contributed by atoms with Gasteiger partial charge in [-0.2, -0.15) is 4.31 Å². The van der Waals surface area contributed by atoms with Gasteiger partial charge in [-0.25, -0.2) is 8.42 Å². The minimum Gasteiger partial charge on any atom is -0.346 e. The number of sulfonamides is 1. The maximum Gasteiger partial charge on any atom is 0.309 e. The number of carbonyl (C=O) groups is 2. The topological polar surface area (TPSA) is 95.6 Å². The van der Waals surface area contributed by atoms with E-state index in [1.807, 2.05) is 31.2 Å². The van der Waals surface area contributed by atoms with Crippen LogP contribution < -0.4 is 10.6 Å². The van der Waals surface area contributed by atoms with Gasteiger partial charge in [0.1, 0.15) is 0 Å². The zero-order valence-corrected chi connectivity index (χ0v) is 17.1. The molecule has 8 heteroatoms. The van der Waals surface area contributed by atoms with Crippen LogP contribution in [0.5, 0.6) is 0 Å². The Bertz CT molecular complexity index is 976. The SMILES string of the molecule is Cc1ccccc1CNC(=O)C(=O)NC[C@H]1CCCN1S(=O)(=O)c1ccccc1. The molecule has 1 saturated heterocycles. The lowest BCUT2D eigenvalue weighted by molar-refractivity contribution is -0.139. The highest BCUT2D eigenvalue weighted by Crippen LogP contribution is 2.25. The van der Waals surface area contributed by atoms with Crippen molar-refractivity contribution in [2.24, 2.45) is 0 Å². The molecule has 0 bridgehead atoms. The predicted molar refractivity (Wildman–Crippen MR) is 109 cm³/mol. The van der Waals surface area contributed by atoms with Crippen molar-refractivity contribution in [2.45, 2.75) is 37.2 Å². The van der Waals surface area contributed by atoms with E-state index in [1.165, 1.54) is 4.31 Å². The first-order valence-corrected chi connectivity index (χ1v) is 11.0. The smallest absolute Gasteiger partial charge is 0.309 e. The third-order valence-electron chi connectivity index (χ3n) is 5.08. The number of hydrogen-bond acceptors (Lipinski definition) is 4. The fourth-order valence-electron chi connectivity index (χ4n) is 3.41. The average Bonchev–Trinajstić information content (AvgIpc) is 3.21. The van der Waals surface area contributed by atoms with Crippen molar-refractivity contribution < 1.29 is 18.0 Å². The Hall–Kier alpha value is -2.71. The number of benzene rings is 2. The Kier molecular flexibility index (Phi) is 6.66. The summed E-state index contributed by atoms with van der Waals surface area (Å²) in [5.74, 6) is -1.49. The van der Waals surface area contributed by atoms with Crippen LogP contribution >= 0.6 is 0 Å². The first kappa shape index (κ1) is 21.0. The van der Waals surface area contributed by atoms with Gasteiger partial charge in [0.05, 0.1) is 4.90 Å². The van der Waals surface area contributed by atoms with Crippen molar-refractivity contribution in [1.29, 1.82) is 0 Å². The molecule has 3 rings (SSSR count). The molecule has 7 nitrogen and oxygen atoms in total. The molecular formula is C21H25N3O4S. The number of rotatable bonds is 6. The quantitative estimate of drug-likeness (QED) is 0.701. The molecule has 2 N–H and O–H groups in total. The van der Waals surface area contributed by atoms with E-state index >= 15 is 0 Å². The van der Waals surface area contributed by atoms with Crippen LogP contribution in [0.25, 0.3) is 0 Å². The van der Waals surface area contributed by atoms with E-state index in [0.717, 1.165) is 11.1 Å². The van der Waals surface area contributed by atoms with E-state index in [1.54, 1.807) is 30.3 Å². The fraction of sp³-hybridized carbons (Fsp3) is 0.333. The van der Waals surface area contributed by atoms with Crippen LogP contribution in [0.2, 0.25) is 0 Å². The molecule has 2 aromatic carbocycles. The number of nitrogens with one attached hydrogen (secondary N) is 2. The average molecular weight is 416 g/mol. The summed E-state index contributed by atoms with van der Waals surface area (Å²) in [4.78, 5) is 24.4. The third kappa shape index (κ3) is 5.02. The zero-order valence-electron chi connectivity index (χ0n) is 16.3. The normalized spacial score (nSPS) is 17.1. The minimum atomic E-state index is -3.63. The van der Waals surface area contributed by atoms with E-state index in [9.17, 15) is 18.0 Å². The van der Waals surface area contributed by atoms with E-state index < -0.39 is 21.8 Å². The Morgan fingerprint density at radius 1 is 1.00 bits per heavy atom. The molecular weight excluding hydrogens is 390 g/mol. The van der Waals surface area contributed by atoms with Crippen molar-refractivity contribution in [3.8, 4) is 0 Å². The molecule has 1 fully saturated rings. The molecule has 0 spiro atoms. The first-order valence-electron chi connectivity index (χ1n) is 9.57. The second kappa shape index (κ2) is 9.19. The molecule has 29 heavy (non-hydrogen) atoms. The van der Waals surface area contributed by atoms with E-state index in [-0.39, 0.29) is 24.0 Å². The van der Waals surface area contributed by atoms with Crippen LogP contribution in [0.4, 0.5) is 0 Å². The minimum absolute atomic E-state index is 0.0999. The third-order valence-corrected chi connectivity index (χ3v) is 7.04. The highest BCUT2D eigenvalue weighted by Gasteiger charge is 2.35. The predicted octanol–water partition coefficient (Wildman–Crippen LogP) is 1.58. The lowest BCUT2D eigenvalue weighted by Gasteiger charge is -2.24. The number of aryl methyl sites for hydroxylation is 1. The molecule has 0 unspecified atom stereocenters. The van der Waals surface area contributed by atoms with Crippen LogP contribution in [-0.4, -0.2) is 43.7 Å². The number of hydrogen-bond donors (Lipinski definition) is 2. The van der Waals surface area contributed by atoms with Crippen molar-refractivity contribution in [3.05, 3.63) is 65.7 Å². The molecule has 2 amide bonds. The molecule has 2 aromatic rings. The Morgan fingerprint density at radius 3 is 2.38 bits per heavy atom. The monoisotopic (exact) mass is 415 g/mol. The lowest BCUT2D eigenvalue weighted by atomic mass is 10.1. The van der Waals surface area contributed by atoms with Crippen LogP contribution in [0.15, 0.2) is 59.5 Å². The maximum absolute atomic E-state index is 12.8. The van der Waals surface area contributed by atoms with Gasteiger partial charge in [0.2, 0.25) is 10.0 Å². The summed E-state index contributed by atoms with van der Waals surface area (Å²) in [6, 6.07) is 15.5. The van der Waals surface area contributed by atoms with Gasteiger partial charge in [-0.05, 0) is 43.0 Å². The summed E-state index contributed by atoms with van der Waals surface area (Å²) in [5, 5.41) is 5.17. The lowest BCUT2D eigenvalue weighted by Crippen LogP contribution is -2.46. The van der Waals surface area contributed by atoms with Crippen molar-refractivity contribution in [2.75, 3.05) is 13.1 Å². The summed E-state index contributed by atoms with van der Waals surface area (Å²) in [6.07, 6.45) is 1.35. The molecule has 0 aliphatic carbocycles. The van der Waals surface area contributed by atoms with E-state index in [4.69, 9.17) is 0 Å². The first-order chi connectivity index (χ1) is 13.9. The molecule has 1 atom stereocenters. The van der Waals surface area contributed by atoms with Crippen molar-refractivity contribution in [3.63, 3.8) is 0 Å². The molecule has 1 aliphatic rings. The number of amides is 2. The molecule has 1 heterocycles. The Labute approximate surface area is 171 Å². The molecule has 154 valence electrons. The van der Waals surface area contributed by atoms with Gasteiger partial charge in [-0.15, -0.1) is 0 Å². The summed E-state index contributed by atoms with van der Waals surface area (Å²) in [5.41, 5.74) is 1.96. The van der Waals surface area contributed by atoms with Gasteiger partial charge in [-0.1, -0.05) is 42.5 Å². The van der Waals surface area contributed by atoms with Crippen LogP contribution in [0.3, 0.4) is 0 Å². The second-order valence-corrected chi connectivity index (χ2v) is 8.93. The van der Waals surface area contributed by atoms with Gasteiger partial charge in [-0.3, -0.25) is 9.59 Å². The maximum atomic E-state index is 12.8. The molecule has 0 aromatic heterocycles. The molecule has 1 aliphatic heterocycles. The highest BCUT2D eigenvalue weighted by molar-refractivity contribution is 7.89. The van der Waals surface area contributed by atoms with Crippen molar-refractivity contribution >= 4 is 21.8 Å². The van der Waals surface area contributed by atoms with E-state index in [2.05, 4.69) is 10.6 Å². The molecule has 0 saturated carbocycles. The van der Waals surface area contributed by atoms with Gasteiger partial charge < -0.3 is 10.6 Å². The second-order valence-electron chi connectivity index (χ2n) is 7.04. The largest absolute Gasteiger partial charge is 0.346 e. The summed E-state index contributed by atoms with van der Waals surface area (Å²) in [7, 11) is -3.63. The zero-order chi connectivity index (χ0) is 20.9. The highest BCUT2D eigenvalue weighted by atomic mass is 32.2. The van der Waals surface area contributed by atoms with E-state index in [0.29, 0.717) is 19.4 Å². The van der Waals surface area contributed by atoms with Crippen LogP contribution in [0.1, 0.15) is 24.0 Å². The van der Waals surface area contributed by atoms with Gasteiger partial charge >= 0.3 is 11.8 Å². The van der Waals surface area contributed by atoms with Crippen LogP contribution in [0, 0.1) is 6.92 Å². The molecule has 0 radical (unpaired) electrons. The fourth-order valence-corrected chi connectivity index (χ4v) is 5.13. The Balaban J connectivity index is 1.55. The summed E-state index contributed by atoms with van der Waals surface area (Å²) >= 11 is 0. The van der Waals surface area contributed by atoms with Gasteiger partial charge in [0.25, 0.3) is 0 Å². The van der Waals surface area contributed by atoms with Gasteiger partial charge in [0, 0.05) is 25.7 Å². The summed E-state index contributed by atoms with van der Waals surface area (Å²) < 4.78 is 27.1. The Morgan fingerprint density at radius 2 is 1.66 bits per heavy atom.